The topological polar surface area (TPSA) is 12.9 Å². The second-order valence-electron chi connectivity index (χ2n) is 5.17. The van der Waals surface area contributed by atoms with Gasteiger partial charge in [-0.2, -0.15) is 0 Å². The van der Waals surface area contributed by atoms with Gasteiger partial charge in [-0.25, -0.2) is 0 Å². The third kappa shape index (κ3) is 5.78. The maximum absolute atomic E-state index is 4.34. The van der Waals surface area contributed by atoms with E-state index in [0.29, 0.717) is 0 Å². The molecule has 0 spiro atoms. The summed E-state index contributed by atoms with van der Waals surface area (Å²) in [6, 6.07) is 16.5. The fourth-order valence-corrected chi connectivity index (χ4v) is 2.21. The van der Waals surface area contributed by atoms with Crippen LogP contribution >= 0.6 is 0 Å². The first-order valence-electron chi connectivity index (χ1n) is 7.73. The molecule has 0 unspecified atom stereocenters. The zero-order valence-corrected chi connectivity index (χ0v) is 12.7. The van der Waals surface area contributed by atoms with E-state index in [0.717, 1.165) is 12.1 Å². The molecule has 0 bridgehead atoms. The Morgan fingerprint density at radius 3 is 2.52 bits per heavy atom. The molecule has 2 aromatic rings. The van der Waals surface area contributed by atoms with Gasteiger partial charge in [0.1, 0.15) is 0 Å². The van der Waals surface area contributed by atoms with Gasteiger partial charge in [-0.3, -0.25) is 4.98 Å². The van der Waals surface area contributed by atoms with Crippen LogP contribution in [-0.2, 0) is 0 Å². The summed E-state index contributed by atoms with van der Waals surface area (Å²) in [4.78, 5) is 4.34. The number of rotatable bonds is 7. The minimum absolute atomic E-state index is 1.01. The molecule has 1 heterocycles. The molecule has 2 rings (SSSR count). The summed E-state index contributed by atoms with van der Waals surface area (Å²) in [5, 5.41) is 0. The summed E-state index contributed by atoms with van der Waals surface area (Å²) in [6.07, 6.45) is 13.3. The van der Waals surface area contributed by atoms with Gasteiger partial charge in [0.15, 0.2) is 0 Å². The fraction of sp³-hybridized carbons (Fsp3) is 0.250. The Kier molecular flexibility index (Phi) is 6.47. The zero-order chi connectivity index (χ0) is 14.8. The highest BCUT2D eigenvalue weighted by molar-refractivity contribution is 5.60. The number of benzene rings is 1. The molecule has 1 heteroatoms. The van der Waals surface area contributed by atoms with Gasteiger partial charge in [0.25, 0.3) is 0 Å². The SMILES string of the molecule is CCCCCC(C=Cc1ccccn1)=Cc1ccccc1. The highest BCUT2D eigenvalue weighted by atomic mass is 14.6. The molecule has 21 heavy (non-hydrogen) atoms. The molecule has 1 aromatic heterocycles. The van der Waals surface area contributed by atoms with Crippen molar-refractivity contribution >= 4 is 12.2 Å². The first-order chi connectivity index (χ1) is 10.4. The van der Waals surface area contributed by atoms with Crippen molar-refractivity contribution in [2.24, 2.45) is 0 Å². The molecule has 0 saturated heterocycles. The summed E-state index contributed by atoms with van der Waals surface area (Å²) in [7, 11) is 0. The molecule has 0 aliphatic rings. The Morgan fingerprint density at radius 1 is 1.00 bits per heavy atom. The Balaban J connectivity index is 2.12. The van der Waals surface area contributed by atoms with Crippen LogP contribution in [0.15, 0.2) is 66.4 Å². The number of nitrogens with zero attached hydrogens (tertiary/aromatic N) is 1. The predicted octanol–water partition coefficient (Wildman–Crippen LogP) is 5.76. The van der Waals surface area contributed by atoms with Crippen LogP contribution in [0.25, 0.3) is 12.2 Å². The normalized spacial score (nSPS) is 12.0. The maximum Gasteiger partial charge on any atom is 0.0629 e. The second kappa shape index (κ2) is 8.91. The van der Waals surface area contributed by atoms with E-state index in [1.165, 1.54) is 30.4 Å². The van der Waals surface area contributed by atoms with Gasteiger partial charge < -0.3 is 0 Å². The van der Waals surface area contributed by atoms with Crippen molar-refractivity contribution in [1.82, 2.24) is 4.98 Å². The Bertz CT molecular complexity index is 567. The quantitative estimate of drug-likeness (QED) is 0.463. The molecule has 1 nitrogen and oxygen atoms in total. The van der Waals surface area contributed by atoms with E-state index in [4.69, 9.17) is 0 Å². The van der Waals surface area contributed by atoms with Crippen LogP contribution in [0.5, 0.6) is 0 Å². The van der Waals surface area contributed by atoms with Gasteiger partial charge in [0.05, 0.1) is 5.69 Å². The summed E-state index contributed by atoms with van der Waals surface area (Å²) < 4.78 is 0. The van der Waals surface area contributed by atoms with Crippen molar-refractivity contribution in [2.45, 2.75) is 32.6 Å². The van der Waals surface area contributed by atoms with Crippen molar-refractivity contribution in [3.63, 3.8) is 0 Å². The number of unbranched alkanes of at least 4 members (excludes halogenated alkanes) is 2. The molecular formula is C20H23N. The lowest BCUT2D eigenvalue weighted by Gasteiger charge is -2.03. The molecule has 0 aliphatic heterocycles. The number of aromatic nitrogens is 1. The standard InChI is InChI=1S/C20H23N/c1-2-3-5-10-19(17-18-11-6-4-7-12-18)14-15-20-13-8-9-16-21-20/h4,6-9,11-17H,2-3,5,10H2,1H3. The summed E-state index contributed by atoms with van der Waals surface area (Å²) in [6.45, 7) is 2.24. The molecule has 0 atom stereocenters. The number of allylic oxidation sites excluding steroid dienone is 2. The van der Waals surface area contributed by atoms with Crippen LogP contribution in [0.1, 0.15) is 43.9 Å². The largest absolute Gasteiger partial charge is 0.257 e. The average Bonchev–Trinajstić information content (AvgIpc) is 2.54. The van der Waals surface area contributed by atoms with Gasteiger partial charge >= 0.3 is 0 Å². The minimum Gasteiger partial charge on any atom is -0.257 e. The van der Waals surface area contributed by atoms with Crippen LogP contribution in [0.3, 0.4) is 0 Å². The lowest BCUT2D eigenvalue weighted by Crippen LogP contribution is -1.83. The van der Waals surface area contributed by atoms with Gasteiger partial charge in [-0.1, -0.05) is 68.3 Å². The molecule has 0 radical (unpaired) electrons. The van der Waals surface area contributed by atoms with Crippen LogP contribution in [0.2, 0.25) is 0 Å². The van der Waals surface area contributed by atoms with E-state index in [-0.39, 0.29) is 0 Å². The molecule has 0 fully saturated rings. The summed E-state index contributed by atoms with van der Waals surface area (Å²) in [5.41, 5.74) is 3.63. The lowest BCUT2D eigenvalue weighted by atomic mass is 10.0. The summed E-state index contributed by atoms with van der Waals surface area (Å²) in [5.74, 6) is 0. The third-order valence-electron chi connectivity index (χ3n) is 3.38. The second-order valence-corrected chi connectivity index (χ2v) is 5.17. The van der Waals surface area contributed by atoms with Crippen LogP contribution in [0.4, 0.5) is 0 Å². The highest BCUT2D eigenvalue weighted by Gasteiger charge is 1.96. The Labute approximate surface area is 128 Å². The Morgan fingerprint density at radius 2 is 1.81 bits per heavy atom. The smallest absolute Gasteiger partial charge is 0.0629 e. The van der Waals surface area contributed by atoms with Crippen LogP contribution < -0.4 is 0 Å². The predicted molar refractivity (Wildman–Crippen MR) is 91.8 cm³/mol. The van der Waals surface area contributed by atoms with Crippen molar-refractivity contribution in [2.75, 3.05) is 0 Å². The van der Waals surface area contributed by atoms with Gasteiger partial charge in [-0.15, -0.1) is 0 Å². The van der Waals surface area contributed by atoms with E-state index >= 15 is 0 Å². The third-order valence-corrected chi connectivity index (χ3v) is 3.38. The van der Waals surface area contributed by atoms with Crippen LogP contribution in [-0.4, -0.2) is 4.98 Å². The minimum atomic E-state index is 1.01. The van der Waals surface area contributed by atoms with Crippen molar-refractivity contribution in [3.8, 4) is 0 Å². The number of hydrogen-bond acceptors (Lipinski definition) is 1. The Hall–Kier alpha value is -2.15. The van der Waals surface area contributed by atoms with Crippen molar-refractivity contribution in [1.29, 1.82) is 0 Å². The maximum atomic E-state index is 4.34. The van der Waals surface area contributed by atoms with E-state index in [2.05, 4.69) is 60.5 Å². The first kappa shape index (κ1) is 15.2. The molecule has 108 valence electrons. The molecule has 1 aromatic carbocycles. The lowest BCUT2D eigenvalue weighted by molar-refractivity contribution is 0.721. The number of hydrogen-bond donors (Lipinski definition) is 0. The zero-order valence-electron chi connectivity index (χ0n) is 12.7. The molecule has 0 N–H and O–H groups in total. The summed E-state index contributed by atoms with van der Waals surface area (Å²) >= 11 is 0. The van der Waals surface area contributed by atoms with Gasteiger partial charge in [0.2, 0.25) is 0 Å². The van der Waals surface area contributed by atoms with Gasteiger partial charge in [-0.05, 0) is 42.2 Å². The van der Waals surface area contributed by atoms with Gasteiger partial charge in [0, 0.05) is 6.20 Å². The monoisotopic (exact) mass is 277 g/mol. The number of pyridine rings is 1. The molecule has 0 saturated carbocycles. The van der Waals surface area contributed by atoms with E-state index in [1.54, 1.807) is 0 Å². The first-order valence-corrected chi connectivity index (χ1v) is 7.73. The molecule has 0 aliphatic carbocycles. The molecule has 0 amide bonds. The van der Waals surface area contributed by atoms with Crippen LogP contribution in [0, 0.1) is 0 Å². The molecular weight excluding hydrogens is 254 g/mol. The van der Waals surface area contributed by atoms with E-state index < -0.39 is 0 Å². The van der Waals surface area contributed by atoms with E-state index in [1.807, 2.05) is 24.4 Å². The van der Waals surface area contributed by atoms with E-state index in [9.17, 15) is 0 Å². The van der Waals surface area contributed by atoms with Crippen molar-refractivity contribution in [3.05, 3.63) is 77.6 Å². The average molecular weight is 277 g/mol. The highest BCUT2D eigenvalue weighted by Crippen LogP contribution is 2.16. The fourth-order valence-electron chi connectivity index (χ4n) is 2.21. The van der Waals surface area contributed by atoms with Crippen molar-refractivity contribution < 1.29 is 0 Å².